The minimum Gasteiger partial charge on any atom is -0.391 e. The second kappa shape index (κ2) is 4.19. The molecule has 1 aromatic rings. The molecule has 0 saturated carbocycles. The summed E-state index contributed by atoms with van der Waals surface area (Å²) in [6.07, 6.45) is 4.53. The molecule has 2 bridgehead atoms. The lowest BCUT2D eigenvalue weighted by atomic mass is 9.99. The highest BCUT2D eigenvalue weighted by Crippen LogP contribution is 2.36. The molecule has 86 valence electrons. The minimum atomic E-state index is -0.0949. The van der Waals surface area contributed by atoms with Crippen LogP contribution in [0, 0.1) is 0 Å². The third-order valence-corrected chi connectivity index (χ3v) is 4.14. The molecule has 0 amide bonds. The zero-order chi connectivity index (χ0) is 11.0. The zero-order valence-electron chi connectivity index (χ0n) is 9.55. The van der Waals surface area contributed by atoms with Crippen molar-refractivity contribution in [3.63, 3.8) is 0 Å². The van der Waals surface area contributed by atoms with Crippen LogP contribution in [0.1, 0.15) is 31.2 Å². The molecule has 2 nitrogen and oxygen atoms in total. The van der Waals surface area contributed by atoms with Crippen molar-refractivity contribution in [1.82, 2.24) is 4.90 Å². The number of nitrogens with zero attached hydrogens (tertiary/aromatic N) is 1. The largest absolute Gasteiger partial charge is 0.391 e. The van der Waals surface area contributed by atoms with Crippen LogP contribution in [-0.2, 0) is 6.54 Å². The number of benzene rings is 1. The first-order chi connectivity index (χ1) is 7.84. The average Bonchev–Trinajstić information content (AvgIpc) is 2.60. The second-order valence-corrected chi connectivity index (χ2v) is 5.10. The molecule has 2 fully saturated rings. The van der Waals surface area contributed by atoms with Gasteiger partial charge in [-0.15, -0.1) is 0 Å². The molecule has 3 rings (SSSR count). The summed E-state index contributed by atoms with van der Waals surface area (Å²) in [4.78, 5) is 2.52. The fourth-order valence-electron chi connectivity index (χ4n) is 3.29. The van der Waals surface area contributed by atoms with Gasteiger partial charge in [-0.2, -0.15) is 0 Å². The molecule has 16 heavy (non-hydrogen) atoms. The van der Waals surface area contributed by atoms with Gasteiger partial charge in [0.2, 0.25) is 0 Å². The van der Waals surface area contributed by atoms with Gasteiger partial charge in [0.25, 0.3) is 0 Å². The van der Waals surface area contributed by atoms with Gasteiger partial charge in [0.15, 0.2) is 0 Å². The Kier molecular flexibility index (Phi) is 2.70. The van der Waals surface area contributed by atoms with E-state index >= 15 is 0 Å². The molecule has 0 radical (unpaired) electrons. The standard InChI is InChI=1S/C14H19NO/c16-14-9-7-12-6-8-13(14)15(12)10-11-4-2-1-3-5-11/h1-5,12-14,16H,6-10H2/t12-,13+,14+/m0/s1. The average molecular weight is 217 g/mol. The van der Waals surface area contributed by atoms with E-state index in [2.05, 4.69) is 35.2 Å². The highest BCUT2D eigenvalue weighted by Gasteiger charge is 2.41. The van der Waals surface area contributed by atoms with Crippen molar-refractivity contribution in [3.05, 3.63) is 35.9 Å². The van der Waals surface area contributed by atoms with Gasteiger partial charge >= 0.3 is 0 Å². The van der Waals surface area contributed by atoms with Gasteiger partial charge in [-0.3, -0.25) is 4.90 Å². The van der Waals surface area contributed by atoms with Gasteiger partial charge < -0.3 is 5.11 Å². The van der Waals surface area contributed by atoms with Crippen LogP contribution in [0.15, 0.2) is 30.3 Å². The lowest BCUT2D eigenvalue weighted by molar-refractivity contribution is 0.00959. The Balaban J connectivity index is 1.76. The summed E-state index contributed by atoms with van der Waals surface area (Å²) >= 11 is 0. The molecule has 2 heterocycles. The van der Waals surface area contributed by atoms with E-state index in [0.29, 0.717) is 12.1 Å². The summed E-state index contributed by atoms with van der Waals surface area (Å²) in [5.74, 6) is 0. The third-order valence-electron chi connectivity index (χ3n) is 4.14. The van der Waals surface area contributed by atoms with Gasteiger partial charge in [0, 0.05) is 18.6 Å². The van der Waals surface area contributed by atoms with Gasteiger partial charge in [-0.1, -0.05) is 30.3 Å². The molecule has 2 aliphatic heterocycles. The molecule has 2 saturated heterocycles. The van der Waals surface area contributed by atoms with Crippen LogP contribution >= 0.6 is 0 Å². The van der Waals surface area contributed by atoms with Crippen molar-refractivity contribution in [1.29, 1.82) is 0 Å². The van der Waals surface area contributed by atoms with Crippen LogP contribution < -0.4 is 0 Å². The summed E-state index contributed by atoms with van der Waals surface area (Å²) in [6, 6.07) is 11.7. The van der Waals surface area contributed by atoms with E-state index in [1.165, 1.54) is 24.8 Å². The summed E-state index contributed by atoms with van der Waals surface area (Å²) in [5, 5.41) is 10.0. The Bertz CT molecular complexity index is 351. The second-order valence-electron chi connectivity index (χ2n) is 5.10. The summed E-state index contributed by atoms with van der Waals surface area (Å²) < 4.78 is 0. The van der Waals surface area contributed by atoms with Crippen LogP contribution in [0.2, 0.25) is 0 Å². The maximum Gasteiger partial charge on any atom is 0.0696 e. The number of hydrogen-bond acceptors (Lipinski definition) is 2. The minimum absolute atomic E-state index is 0.0949. The quantitative estimate of drug-likeness (QED) is 0.820. The Labute approximate surface area is 96.9 Å². The van der Waals surface area contributed by atoms with E-state index in [-0.39, 0.29) is 6.10 Å². The normalized spacial score (nSPS) is 34.2. The molecular weight excluding hydrogens is 198 g/mol. The van der Waals surface area contributed by atoms with Crippen molar-refractivity contribution in [2.24, 2.45) is 0 Å². The molecule has 0 spiro atoms. The number of fused-ring (bicyclic) bond motifs is 2. The molecule has 0 aliphatic carbocycles. The van der Waals surface area contributed by atoms with Crippen LogP contribution in [-0.4, -0.2) is 28.2 Å². The topological polar surface area (TPSA) is 23.5 Å². The summed E-state index contributed by atoms with van der Waals surface area (Å²) in [5.41, 5.74) is 1.37. The van der Waals surface area contributed by atoms with Crippen molar-refractivity contribution < 1.29 is 5.11 Å². The molecule has 1 aromatic carbocycles. The first kappa shape index (κ1) is 10.3. The van der Waals surface area contributed by atoms with Gasteiger partial charge in [0.1, 0.15) is 0 Å². The van der Waals surface area contributed by atoms with Crippen molar-refractivity contribution in [2.45, 2.75) is 50.4 Å². The fourth-order valence-corrected chi connectivity index (χ4v) is 3.29. The van der Waals surface area contributed by atoms with Gasteiger partial charge in [-0.25, -0.2) is 0 Å². The smallest absolute Gasteiger partial charge is 0.0696 e. The lowest BCUT2D eigenvalue weighted by Crippen LogP contribution is -2.46. The van der Waals surface area contributed by atoms with Gasteiger partial charge in [-0.05, 0) is 31.2 Å². The molecular formula is C14H19NO. The molecule has 0 unspecified atom stereocenters. The van der Waals surface area contributed by atoms with Crippen molar-refractivity contribution in [3.8, 4) is 0 Å². The number of piperidine rings is 1. The summed E-state index contributed by atoms with van der Waals surface area (Å²) in [7, 11) is 0. The first-order valence-electron chi connectivity index (χ1n) is 6.32. The predicted octanol–water partition coefficient (Wildman–Crippen LogP) is 2.17. The molecule has 2 aliphatic rings. The Morgan fingerprint density at radius 2 is 1.81 bits per heavy atom. The molecule has 0 aromatic heterocycles. The van der Waals surface area contributed by atoms with E-state index in [1.807, 2.05) is 0 Å². The van der Waals surface area contributed by atoms with Crippen molar-refractivity contribution in [2.75, 3.05) is 0 Å². The first-order valence-corrected chi connectivity index (χ1v) is 6.32. The molecule has 3 atom stereocenters. The maximum atomic E-state index is 10.0. The number of aliphatic hydroxyl groups is 1. The molecule has 1 N–H and O–H groups in total. The Morgan fingerprint density at radius 3 is 2.62 bits per heavy atom. The van der Waals surface area contributed by atoms with E-state index in [9.17, 15) is 5.11 Å². The Morgan fingerprint density at radius 1 is 1.06 bits per heavy atom. The number of rotatable bonds is 2. The Hall–Kier alpha value is -0.860. The van der Waals surface area contributed by atoms with Crippen LogP contribution in [0.4, 0.5) is 0 Å². The highest BCUT2D eigenvalue weighted by molar-refractivity contribution is 5.15. The van der Waals surface area contributed by atoms with E-state index in [0.717, 1.165) is 13.0 Å². The van der Waals surface area contributed by atoms with E-state index in [1.54, 1.807) is 0 Å². The fraction of sp³-hybridized carbons (Fsp3) is 0.571. The van der Waals surface area contributed by atoms with Crippen LogP contribution in [0.3, 0.4) is 0 Å². The number of aliphatic hydroxyl groups excluding tert-OH is 1. The van der Waals surface area contributed by atoms with Gasteiger partial charge in [0.05, 0.1) is 6.10 Å². The van der Waals surface area contributed by atoms with Crippen LogP contribution in [0.5, 0.6) is 0 Å². The molecule has 2 heteroatoms. The van der Waals surface area contributed by atoms with Crippen LogP contribution in [0.25, 0.3) is 0 Å². The monoisotopic (exact) mass is 217 g/mol. The summed E-state index contributed by atoms with van der Waals surface area (Å²) in [6.45, 7) is 1.01. The lowest BCUT2D eigenvalue weighted by Gasteiger charge is -2.37. The van der Waals surface area contributed by atoms with Crippen molar-refractivity contribution >= 4 is 0 Å². The highest BCUT2D eigenvalue weighted by atomic mass is 16.3. The predicted molar refractivity (Wildman–Crippen MR) is 64.0 cm³/mol. The van der Waals surface area contributed by atoms with E-state index < -0.39 is 0 Å². The number of hydrogen-bond donors (Lipinski definition) is 1. The SMILES string of the molecule is O[C@@H]1CC[C@@H]2CC[C@H]1N2Cc1ccccc1. The zero-order valence-corrected chi connectivity index (χ0v) is 9.55. The van der Waals surface area contributed by atoms with E-state index in [4.69, 9.17) is 0 Å². The maximum absolute atomic E-state index is 10.0. The third kappa shape index (κ3) is 1.76.